The number of thioether (sulfide) groups is 1. The molecule has 0 aromatic heterocycles. The van der Waals surface area contributed by atoms with Gasteiger partial charge in [0.2, 0.25) is 5.91 Å². The fourth-order valence-corrected chi connectivity index (χ4v) is 4.05. The van der Waals surface area contributed by atoms with Gasteiger partial charge in [0.15, 0.2) is 0 Å². The van der Waals surface area contributed by atoms with E-state index in [1.807, 2.05) is 48.2 Å². The molecule has 1 saturated heterocycles. The number of hydrogen-bond donors (Lipinski definition) is 0. The summed E-state index contributed by atoms with van der Waals surface area (Å²) in [6.45, 7) is 3.46. The number of amides is 1. The molecule has 4 nitrogen and oxygen atoms in total. The van der Waals surface area contributed by atoms with Crippen LogP contribution in [0.25, 0.3) is 0 Å². The molecule has 0 spiro atoms. The molecule has 2 aromatic rings. The summed E-state index contributed by atoms with van der Waals surface area (Å²) < 4.78 is 10.7. The van der Waals surface area contributed by atoms with Crippen molar-refractivity contribution in [2.75, 3.05) is 26.0 Å². The van der Waals surface area contributed by atoms with Crippen molar-refractivity contribution in [3.63, 3.8) is 0 Å². The third kappa shape index (κ3) is 4.52. The van der Waals surface area contributed by atoms with Crippen molar-refractivity contribution in [2.24, 2.45) is 0 Å². The molecule has 1 fully saturated rings. The Labute approximate surface area is 159 Å². The van der Waals surface area contributed by atoms with Crippen molar-refractivity contribution in [1.82, 2.24) is 4.90 Å². The van der Waals surface area contributed by atoms with Gasteiger partial charge in [0, 0.05) is 11.4 Å². The van der Waals surface area contributed by atoms with Crippen molar-refractivity contribution in [3.05, 3.63) is 54.1 Å². The third-order valence-corrected chi connectivity index (χ3v) is 5.57. The lowest BCUT2D eigenvalue weighted by molar-refractivity contribution is -0.129. The Balaban J connectivity index is 1.59. The Bertz CT molecular complexity index is 715. The lowest BCUT2D eigenvalue weighted by atomic mass is 10.0. The molecule has 0 aliphatic carbocycles. The van der Waals surface area contributed by atoms with E-state index in [4.69, 9.17) is 9.47 Å². The number of carbonyl (C=O) groups is 1. The molecule has 1 atom stereocenters. The summed E-state index contributed by atoms with van der Waals surface area (Å²) in [5.41, 5.74) is 1.18. The van der Waals surface area contributed by atoms with Crippen molar-refractivity contribution < 1.29 is 14.3 Å². The quantitative estimate of drug-likeness (QED) is 0.669. The second kappa shape index (κ2) is 8.99. The van der Waals surface area contributed by atoms with Gasteiger partial charge in [-0.1, -0.05) is 12.1 Å². The fourth-order valence-electron chi connectivity index (χ4n) is 3.26. The first-order chi connectivity index (χ1) is 12.7. The van der Waals surface area contributed by atoms with E-state index in [2.05, 4.69) is 12.1 Å². The molecule has 1 aliphatic heterocycles. The van der Waals surface area contributed by atoms with E-state index in [0.29, 0.717) is 12.4 Å². The number of benzene rings is 2. The first-order valence-corrected chi connectivity index (χ1v) is 9.99. The predicted molar refractivity (Wildman–Crippen MR) is 105 cm³/mol. The van der Waals surface area contributed by atoms with Crippen molar-refractivity contribution in [1.29, 1.82) is 0 Å². The first-order valence-electron chi connectivity index (χ1n) is 9.00. The SMILES string of the molecule is CCOc1ccc(SCC(=O)N2CCC[C@@H]2c2ccc(OC)cc2)cc1. The molecular formula is C21H25NO3S. The molecule has 3 rings (SSSR count). The van der Waals surface area contributed by atoms with E-state index in [1.165, 1.54) is 5.56 Å². The molecule has 5 heteroatoms. The van der Waals surface area contributed by atoms with Gasteiger partial charge in [-0.05, 0) is 61.7 Å². The highest BCUT2D eigenvalue weighted by atomic mass is 32.2. The minimum absolute atomic E-state index is 0.175. The Morgan fingerprint density at radius 2 is 1.81 bits per heavy atom. The van der Waals surface area contributed by atoms with Gasteiger partial charge in [-0.25, -0.2) is 0 Å². The molecule has 26 heavy (non-hydrogen) atoms. The number of ether oxygens (including phenoxy) is 2. The molecule has 0 unspecified atom stereocenters. The van der Waals surface area contributed by atoms with Crippen LogP contribution in [-0.4, -0.2) is 36.8 Å². The smallest absolute Gasteiger partial charge is 0.233 e. The number of likely N-dealkylation sites (tertiary alicyclic amines) is 1. The van der Waals surface area contributed by atoms with Crippen molar-refractivity contribution in [3.8, 4) is 11.5 Å². The van der Waals surface area contributed by atoms with Crippen LogP contribution >= 0.6 is 11.8 Å². The summed E-state index contributed by atoms with van der Waals surface area (Å²) in [6, 6.07) is 16.1. The maximum atomic E-state index is 12.8. The van der Waals surface area contributed by atoms with Crippen LogP contribution in [0.5, 0.6) is 11.5 Å². The Morgan fingerprint density at radius 3 is 2.46 bits per heavy atom. The monoisotopic (exact) mass is 371 g/mol. The Morgan fingerprint density at radius 1 is 1.12 bits per heavy atom. The highest BCUT2D eigenvalue weighted by Gasteiger charge is 2.29. The summed E-state index contributed by atoms with van der Waals surface area (Å²) in [5.74, 6) is 2.36. The third-order valence-electron chi connectivity index (χ3n) is 4.57. The van der Waals surface area contributed by atoms with E-state index in [0.717, 1.165) is 35.8 Å². The molecule has 138 valence electrons. The zero-order valence-corrected chi connectivity index (χ0v) is 16.1. The maximum absolute atomic E-state index is 12.8. The average Bonchev–Trinajstić information content (AvgIpc) is 3.17. The standard InChI is InChI=1S/C21H25NO3S/c1-3-25-18-10-12-19(13-11-18)26-15-21(23)22-14-4-5-20(22)16-6-8-17(24-2)9-7-16/h6-13,20H,3-5,14-15H2,1-2H3/t20-/m1/s1. The zero-order valence-electron chi connectivity index (χ0n) is 15.3. The van der Waals surface area contributed by atoms with E-state index >= 15 is 0 Å². The average molecular weight is 372 g/mol. The highest BCUT2D eigenvalue weighted by molar-refractivity contribution is 8.00. The Kier molecular flexibility index (Phi) is 6.45. The van der Waals surface area contributed by atoms with Crippen LogP contribution in [0.3, 0.4) is 0 Å². The van der Waals surface area contributed by atoms with Crippen LogP contribution in [-0.2, 0) is 4.79 Å². The van der Waals surface area contributed by atoms with E-state index in [9.17, 15) is 4.79 Å². The number of hydrogen-bond acceptors (Lipinski definition) is 4. The molecule has 1 amide bonds. The van der Waals surface area contributed by atoms with E-state index in [1.54, 1.807) is 18.9 Å². The normalized spacial score (nSPS) is 16.5. The van der Waals surface area contributed by atoms with Crippen LogP contribution in [0.15, 0.2) is 53.4 Å². The van der Waals surface area contributed by atoms with E-state index in [-0.39, 0.29) is 11.9 Å². The largest absolute Gasteiger partial charge is 0.497 e. The topological polar surface area (TPSA) is 38.8 Å². The van der Waals surface area contributed by atoms with Gasteiger partial charge in [-0.15, -0.1) is 11.8 Å². The summed E-state index contributed by atoms with van der Waals surface area (Å²) in [6.07, 6.45) is 2.07. The summed E-state index contributed by atoms with van der Waals surface area (Å²) in [5, 5.41) is 0. The summed E-state index contributed by atoms with van der Waals surface area (Å²) in [7, 11) is 1.67. The molecule has 0 saturated carbocycles. The lowest BCUT2D eigenvalue weighted by Gasteiger charge is -2.25. The summed E-state index contributed by atoms with van der Waals surface area (Å²) >= 11 is 1.58. The van der Waals surface area contributed by atoms with Crippen LogP contribution in [0, 0.1) is 0 Å². The van der Waals surface area contributed by atoms with Gasteiger partial charge in [0.05, 0.1) is 25.5 Å². The van der Waals surface area contributed by atoms with Crippen LogP contribution in [0.4, 0.5) is 0 Å². The second-order valence-electron chi connectivity index (χ2n) is 6.21. The predicted octanol–water partition coefficient (Wildman–Crippen LogP) is 4.55. The number of methoxy groups -OCH3 is 1. The van der Waals surface area contributed by atoms with Gasteiger partial charge >= 0.3 is 0 Å². The molecule has 2 aromatic carbocycles. The van der Waals surface area contributed by atoms with Crippen molar-refractivity contribution >= 4 is 17.7 Å². The van der Waals surface area contributed by atoms with Crippen LogP contribution in [0.2, 0.25) is 0 Å². The number of nitrogens with zero attached hydrogens (tertiary/aromatic N) is 1. The maximum Gasteiger partial charge on any atom is 0.233 e. The van der Waals surface area contributed by atoms with Gasteiger partial charge in [0.25, 0.3) is 0 Å². The van der Waals surface area contributed by atoms with Gasteiger partial charge in [0.1, 0.15) is 11.5 Å². The highest BCUT2D eigenvalue weighted by Crippen LogP contribution is 2.33. The molecule has 0 bridgehead atoms. The first kappa shape index (κ1) is 18.6. The number of rotatable bonds is 7. The Hall–Kier alpha value is -2.14. The van der Waals surface area contributed by atoms with Gasteiger partial charge < -0.3 is 14.4 Å². The fraction of sp³-hybridized carbons (Fsp3) is 0.381. The van der Waals surface area contributed by atoms with Crippen molar-refractivity contribution in [2.45, 2.75) is 30.7 Å². The molecular weight excluding hydrogens is 346 g/mol. The molecule has 0 radical (unpaired) electrons. The van der Waals surface area contributed by atoms with Crippen LogP contribution in [0.1, 0.15) is 31.4 Å². The van der Waals surface area contributed by atoms with Gasteiger partial charge in [-0.2, -0.15) is 0 Å². The minimum Gasteiger partial charge on any atom is -0.497 e. The molecule has 1 heterocycles. The zero-order chi connectivity index (χ0) is 18.4. The van der Waals surface area contributed by atoms with Crippen LogP contribution < -0.4 is 9.47 Å². The second-order valence-corrected chi connectivity index (χ2v) is 7.26. The number of carbonyl (C=O) groups excluding carboxylic acids is 1. The minimum atomic E-state index is 0.175. The van der Waals surface area contributed by atoms with E-state index < -0.39 is 0 Å². The molecule has 0 N–H and O–H groups in total. The summed E-state index contributed by atoms with van der Waals surface area (Å²) in [4.78, 5) is 15.9. The lowest BCUT2D eigenvalue weighted by Crippen LogP contribution is -2.31. The van der Waals surface area contributed by atoms with Gasteiger partial charge in [-0.3, -0.25) is 4.79 Å². The molecule has 1 aliphatic rings.